The van der Waals surface area contributed by atoms with Gasteiger partial charge in [-0.2, -0.15) is 0 Å². The molecule has 17 heavy (non-hydrogen) atoms. The third-order valence-electron chi connectivity index (χ3n) is 2.38. The first-order valence-corrected chi connectivity index (χ1v) is 6.62. The molecule has 0 radical (unpaired) electrons. The van der Waals surface area contributed by atoms with Crippen molar-refractivity contribution in [2.45, 2.75) is 13.0 Å². The summed E-state index contributed by atoms with van der Waals surface area (Å²) in [5, 5.41) is 12.7. The van der Waals surface area contributed by atoms with E-state index >= 15 is 0 Å². The summed E-state index contributed by atoms with van der Waals surface area (Å²) in [6, 6.07) is 9.23. The van der Waals surface area contributed by atoms with E-state index in [1.54, 1.807) is 6.07 Å². The van der Waals surface area contributed by atoms with Crippen LogP contribution in [-0.4, -0.2) is 11.7 Å². The number of hydrogen-bond donors (Lipinski definition) is 1. The fourth-order valence-corrected chi connectivity index (χ4v) is 2.76. The second-order valence-electron chi connectivity index (χ2n) is 3.54. The number of benzene rings is 1. The molecule has 0 spiro atoms. The highest BCUT2D eigenvalue weighted by atomic mass is 35.5. The van der Waals surface area contributed by atoms with Crippen molar-refractivity contribution in [3.63, 3.8) is 0 Å². The summed E-state index contributed by atoms with van der Waals surface area (Å²) >= 11 is 7.45. The molecule has 0 saturated carbocycles. The lowest BCUT2D eigenvalue weighted by Gasteiger charge is -2.11. The van der Waals surface area contributed by atoms with Crippen LogP contribution in [0, 0.1) is 0 Å². The molecule has 0 aliphatic carbocycles. The number of aliphatic hydroxyl groups is 1. The molecule has 1 aromatic heterocycles. The Morgan fingerprint density at radius 2 is 2.24 bits per heavy atom. The van der Waals surface area contributed by atoms with Crippen LogP contribution in [0.3, 0.4) is 0 Å². The van der Waals surface area contributed by atoms with Crippen molar-refractivity contribution in [1.82, 2.24) is 0 Å². The Hall–Kier alpha value is -1.03. The molecule has 0 aliphatic rings. The fourth-order valence-electron chi connectivity index (χ4n) is 1.59. The molecule has 0 fully saturated rings. The van der Waals surface area contributed by atoms with Crippen LogP contribution < -0.4 is 4.74 Å². The lowest BCUT2D eigenvalue weighted by atomic mass is 10.1. The van der Waals surface area contributed by atoms with E-state index in [0.717, 1.165) is 16.2 Å². The van der Waals surface area contributed by atoms with Crippen LogP contribution in [0.5, 0.6) is 5.75 Å². The highest BCUT2D eigenvalue weighted by Crippen LogP contribution is 2.33. The average Bonchev–Trinajstić information content (AvgIpc) is 2.75. The van der Waals surface area contributed by atoms with Crippen molar-refractivity contribution in [2.75, 3.05) is 6.61 Å². The second kappa shape index (κ2) is 5.54. The summed E-state index contributed by atoms with van der Waals surface area (Å²) in [6.45, 7) is 2.54. The maximum Gasteiger partial charge on any atom is 0.119 e. The molecular formula is C13H13ClO2S. The molecule has 1 N–H and O–H groups in total. The summed E-state index contributed by atoms with van der Waals surface area (Å²) < 4.78 is 5.40. The highest BCUT2D eigenvalue weighted by molar-refractivity contribution is 7.10. The number of ether oxygens (including phenoxy) is 1. The number of hydrogen-bond acceptors (Lipinski definition) is 3. The molecule has 0 saturated heterocycles. The van der Waals surface area contributed by atoms with Crippen LogP contribution in [0.2, 0.25) is 5.02 Å². The lowest BCUT2D eigenvalue weighted by Crippen LogP contribution is -1.99. The Balaban J connectivity index is 2.28. The first kappa shape index (κ1) is 12.4. The SMILES string of the molecule is CCOc1cccc(C(O)c2sccc2Cl)c1. The van der Waals surface area contributed by atoms with Crippen LogP contribution in [0.1, 0.15) is 23.5 Å². The highest BCUT2D eigenvalue weighted by Gasteiger charge is 2.15. The molecule has 2 aromatic rings. The van der Waals surface area contributed by atoms with Gasteiger partial charge in [0.15, 0.2) is 0 Å². The van der Waals surface area contributed by atoms with Gasteiger partial charge in [0, 0.05) is 0 Å². The molecule has 1 unspecified atom stereocenters. The summed E-state index contributed by atoms with van der Waals surface area (Å²) in [6.07, 6.45) is -0.692. The van der Waals surface area contributed by atoms with E-state index in [2.05, 4.69) is 0 Å². The minimum atomic E-state index is -0.692. The van der Waals surface area contributed by atoms with E-state index in [9.17, 15) is 5.11 Å². The normalized spacial score (nSPS) is 12.4. The fraction of sp³-hybridized carbons (Fsp3) is 0.231. The van der Waals surface area contributed by atoms with Gasteiger partial charge in [0.2, 0.25) is 0 Å². The zero-order valence-electron chi connectivity index (χ0n) is 9.39. The van der Waals surface area contributed by atoms with E-state index < -0.39 is 6.10 Å². The minimum absolute atomic E-state index is 0.601. The Morgan fingerprint density at radius 1 is 1.41 bits per heavy atom. The summed E-state index contributed by atoms with van der Waals surface area (Å²) in [4.78, 5) is 0.764. The van der Waals surface area contributed by atoms with Crippen molar-refractivity contribution in [3.05, 3.63) is 51.2 Å². The van der Waals surface area contributed by atoms with Gasteiger partial charge in [-0.25, -0.2) is 0 Å². The van der Waals surface area contributed by atoms with Gasteiger partial charge in [0.25, 0.3) is 0 Å². The molecule has 2 nitrogen and oxygen atoms in total. The Bertz CT molecular complexity index is 496. The van der Waals surface area contributed by atoms with E-state index in [-0.39, 0.29) is 0 Å². The van der Waals surface area contributed by atoms with Gasteiger partial charge in [-0.05, 0) is 36.1 Å². The third-order valence-corrected chi connectivity index (χ3v) is 3.79. The second-order valence-corrected chi connectivity index (χ2v) is 4.90. The lowest BCUT2D eigenvalue weighted by molar-refractivity contribution is 0.223. The first-order valence-electron chi connectivity index (χ1n) is 5.36. The van der Waals surface area contributed by atoms with E-state index in [0.29, 0.717) is 11.6 Å². The number of rotatable bonds is 4. The monoisotopic (exact) mass is 268 g/mol. The maximum absolute atomic E-state index is 10.2. The predicted octanol–water partition coefficient (Wildman–Crippen LogP) is 3.88. The van der Waals surface area contributed by atoms with Gasteiger partial charge >= 0.3 is 0 Å². The number of thiophene rings is 1. The van der Waals surface area contributed by atoms with Crippen LogP contribution in [0.4, 0.5) is 0 Å². The summed E-state index contributed by atoms with van der Waals surface area (Å²) in [5.74, 6) is 0.761. The van der Waals surface area contributed by atoms with Crippen molar-refractivity contribution >= 4 is 22.9 Å². The molecule has 0 bridgehead atoms. The molecule has 1 heterocycles. The van der Waals surface area contributed by atoms with Crippen LogP contribution in [-0.2, 0) is 0 Å². The minimum Gasteiger partial charge on any atom is -0.494 e. The molecule has 2 rings (SSSR count). The standard InChI is InChI=1S/C13H13ClO2S/c1-2-16-10-5-3-4-9(8-10)12(15)13-11(14)6-7-17-13/h3-8,12,15H,2H2,1H3. The van der Waals surface area contributed by atoms with Crippen molar-refractivity contribution in [1.29, 1.82) is 0 Å². The number of halogens is 1. The zero-order chi connectivity index (χ0) is 12.3. The van der Waals surface area contributed by atoms with Crippen LogP contribution >= 0.6 is 22.9 Å². The molecule has 1 aromatic carbocycles. The first-order chi connectivity index (χ1) is 8.22. The predicted molar refractivity (Wildman–Crippen MR) is 71.0 cm³/mol. The zero-order valence-corrected chi connectivity index (χ0v) is 11.0. The van der Waals surface area contributed by atoms with Crippen LogP contribution in [0.25, 0.3) is 0 Å². The third kappa shape index (κ3) is 2.80. The van der Waals surface area contributed by atoms with Crippen molar-refractivity contribution in [3.8, 4) is 5.75 Å². The van der Waals surface area contributed by atoms with Gasteiger partial charge in [-0.1, -0.05) is 23.7 Å². The topological polar surface area (TPSA) is 29.5 Å². The quantitative estimate of drug-likeness (QED) is 0.912. The van der Waals surface area contributed by atoms with E-state index in [1.807, 2.05) is 36.6 Å². The molecule has 1 atom stereocenters. The van der Waals surface area contributed by atoms with Gasteiger partial charge in [0.05, 0.1) is 16.5 Å². The smallest absolute Gasteiger partial charge is 0.119 e. The van der Waals surface area contributed by atoms with Crippen molar-refractivity contribution < 1.29 is 9.84 Å². The Kier molecular flexibility index (Phi) is 4.05. The average molecular weight is 269 g/mol. The number of aliphatic hydroxyl groups excluding tert-OH is 1. The van der Waals surface area contributed by atoms with Gasteiger partial charge in [0.1, 0.15) is 11.9 Å². The Morgan fingerprint density at radius 3 is 2.88 bits per heavy atom. The summed E-state index contributed by atoms with van der Waals surface area (Å²) in [7, 11) is 0. The maximum atomic E-state index is 10.2. The molecular weight excluding hydrogens is 256 g/mol. The molecule has 0 amide bonds. The van der Waals surface area contributed by atoms with Gasteiger partial charge in [-0.15, -0.1) is 11.3 Å². The molecule has 4 heteroatoms. The van der Waals surface area contributed by atoms with Gasteiger partial charge < -0.3 is 9.84 Å². The van der Waals surface area contributed by atoms with Gasteiger partial charge in [-0.3, -0.25) is 0 Å². The van der Waals surface area contributed by atoms with E-state index in [1.165, 1.54) is 11.3 Å². The largest absolute Gasteiger partial charge is 0.494 e. The Labute approximate surface area is 109 Å². The van der Waals surface area contributed by atoms with E-state index in [4.69, 9.17) is 16.3 Å². The van der Waals surface area contributed by atoms with Crippen LogP contribution in [0.15, 0.2) is 35.7 Å². The molecule has 90 valence electrons. The molecule has 0 aliphatic heterocycles. The van der Waals surface area contributed by atoms with Crippen molar-refractivity contribution in [2.24, 2.45) is 0 Å². The summed E-state index contributed by atoms with van der Waals surface area (Å²) in [5.41, 5.74) is 0.792.